The standard InChI is InChI=1S/C18H13BrF3N3O2S/c1-27-16(26)9-28-17(5-4-12(7-23)24-10-17)25-8-14(19)13-3-2-11(6-15(13)25)18(20,21)22/h2-6,8H,9-10H2,1H3. The second-order valence-corrected chi connectivity index (χ2v) is 8.07. The Kier molecular flexibility index (Phi) is 5.59. The van der Waals surface area contributed by atoms with Crippen LogP contribution in [0.3, 0.4) is 0 Å². The molecule has 0 N–H and O–H groups in total. The van der Waals surface area contributed by atoms with Crippen molar-refractivity contribution in [2.75, 3.05) is 19.4 Å². The molecule has 0 saturated heterocycles. The van der Waals surface area contributed by atoms with Crippen LogP contribution in [0.15, 0.2) is 46.0 Å². The molecular formula is C18H13BrF3N3O2S. The SMILES string of the molecule is COC(=O)CSC1(n2cc(Br)c3ccc(C(F)(F)F)cc32)C=CC(C#N)=NC1. The second-order valence-electron chi connectivity index (χ2n) is 5.93. The van der Waals surface area contributed by atoms with E-state index in [1.807, 2.05) is 6.07 Å². The third kappa shape index (κ3) is 3.82. The highest BCUT2D eigenvalue weighted by atomic mass is 79.9. The molecule has 0 fully saturated rings. The predicted octanol–water partition coefficient (Wildman–Crippen LogP) is 4.52. The molecule has 0 radical (unpaired) electrons. The van der Waals surface area contributed by atoms with Gasteiger partial charge >= 0.3 is 12.1 Å². The Bertz CT molecular complexity index is 1040. The first-order valence-electron chi connectivity index (χ1n) is 7.93. The predicted molar refractivity (Wildman–Crippen MR) is 104 cm³/mol. The maximum atomic E-state index is 13.2. The van der Waals surface area contributed by atoms with E-state index >= 15 is 0 Å². The molecular weight excluding hydrogens is 459 g/mol. The van der Waals surface area contributed by atoms with Crippen LogP contribution >= 0.6 is 27.7 Å². The zero-order chi connectivity index (χ0) is 20.5. The lowest BCUT2D eigenvalue weighted by molar-refractivity contribution is -0.138. The molecule has 2 heterocycles. The van der Waals surface area contributed by atoms with Crippen LogP contribution in [0.2, 0.25) is 0 Å². The number of nitriles is 1. The number of dihydropyridines is 1. The van der Waals surface area contributed by atoms with Crippen molar-refractivity contribution in [1.29, 1.82) is 5.26 Å². The normalized spacial score (nSPS) is 19.4. The van der Waals surface area contributed by atoms with Crippen molar-refractivity contribution in [3.05, 3.63) is 46.6 Å². The molecule has 1 atom stereocenters. The second kappa shape index (κ2) is 7.64. The lowest BCUT2D eigenvalue weighted by Gasteiger charge is -2.33. The number of nitrogens with zero attached hydrogens (tertiary/aromatic N) is 3. The Morgan fingerprint density at radius 1 is 1.50 bits per heavy atom. The molecule has 0 spiro atoms. The lowest BCUT2D eigenvalue weighted by Crippen LogP contribution is -2.34. The Labute approximate surface area is 171 Å². The van der Waals surface area contributed by atoms with E-state index in [1.54, 1.807) is 16.8 Å². The number of allylic oxidation sites excluding steroid dienone is 1. The van der Waals surface area contributed by atoms with Crippen LogP contribution in [0.1, 0.15) is 5.56 Å². The first kappa shape index (κ1) is 20.5. The third-order valence-corrected chi connectivity index (χ3v) is 6.23. The van der Waals surface area contributed by atoms with Crippen molar-refractivity contribution in [2.24, 2.45) is 4.99 Å². The van der Waals surface area contributed by atoms with Crippen LogP contribution < -0.4 is 0 Å². The van der Waals surface area contributed by atoms with Gasteiger partial charge in [0.1, 0.15) is 16.7 Å². The van der Waals surface area contributed by atoms with Gasteiger partial charge in [-0.3, -0.25) is 9.79 Å². The van der Waals surface area contributed by atoms with Crippen LogP contribution in [0.4, 0.5) is 13.2 Å². The smallest absolute Gasteiger partial charge is 0.416 e. The highest BCUT2D eigenvalue weighted by molar-refractivity contribution is 9.10. The summed E-state index contributed by atoms with van der Waals surface area (Å²) in [4.78, 5) is 14.9. The first-order chi connectivity index (χ1) is 13.2. The Morgan fingerprint density at radius 2 is 2.25 bits per heavy atom. The van der Waals surface area contributed by atoms with Gasteiger partial charge in [-0.25, -0.2) is 0 Å². The van der Waals surface area contributed by atoms with Gasteiger partial charge in [-0.2, -0.15) is 18.4 Å². The maximum Gasteiger partial charge on any atom is 0.416 e. The third-order valence-electron chi connectivity index (χ3n) is 4.25. The van der Waals surface area contributed by atoms with E-state index < -0.39 is 22.6 Å². The number of aromatic nitrogens is 1. The summed E-state index contributed by atoms with van der Waals surface area (Å²) in [6.07, 6.45) is 0.350. The number of hydrogen-bond acceptors (Lipinski definition) is 5. The van der Waals surface area contributed by atoms with E-state index in [1.165, 1.54) is 31.0 Å². The Morgan fingerprint density at radius 3 is 2.82 bits per heavy atom. The molecule has 28 heavy (non-hydrogen) atoms. The number of methoxy groups -OCH3 is 1. The minimum absolute atomic E-state index is 0.0332. The molecule has 0 saturated carbocycles. The molecule has 5 nitrogen and oxygen atoms in total. The summed E-state index contributed by atoms with van der Waals surface area (Å²) in [6.45, 7) is 0.0838. The van der Waals surface area contributed by atoms with Crippen molar-refractivity contribution in [2.45, 2.75) is 11.0 Å². The lowest BCUT2D eigenvalue weighted by atomic mass is 10.1. The number of benzene rings is 1. The molecule has 1 aliphatic rings. The van der Waals surface area contributed by atoms with Gasteiger partial charge in [-0.05, 0) is 40.2 Å². The van der Waals surface area contributed by atoms with Gasteiger partial charge in [0.15, 0.2) is 0 Å². The Hall–Kier alpha value is -2.25. The monoisotopic (exact) mass is 471 g/mol. The summed E-state index contributed by atoms with van der Waals surface area (Å²) in [5.74, 6) is -0.506. The van der Waals surface area contributed by atoms with Gasteiger partial charge < -0.3 is 9.30 Å². The van der Waals surface area contributed by atoms with Gasteiger partial charge in [0.25, 0.3) is 0 Å². The number of ether oxygens (including phenoxy) is 1. The topological polar surface area (TPSA) is 67.4 Å². The molecule has 1 aromatic heterocycles. The summed E-state index contributed by atoms with van der Waals surface area (Å²) in [6, 6.07) is 5.42. The van der Waals surface area contributed by atoms with Crippen molar-refractivity contribution in [3.8, 4) is 6.07 Å². The summed E-state index contributed by atoms with van der Waals surface area (Å²) in [5.41, 5.74) is -0.235. The number of hydrogen-bond donors (Lipinski definition) is 0. The highest BCUT2D eigenvalue weighted by Crippen LogP contribution is 2.42. The molecule has 146 valence electrons. The van der Waals surface area contributed by atoms with Crippen LogP contribution in [0.25, 0.3) is 10.9 Å². The largest absolute Gasteiger partial charge is 0.468 e. The summed E-state index contributed by atoms with van der Waals surface area (Å²) < 4.78 is 46.6. The van der Waals surface area contributed by atoms with Gasteiger partial charge in [0.05, 0.1) is 30.5 Å². The van der Waals surface area contributed by atoms with Crippen molar-refractivity contribution in [1.82, 2.24) is 4.57 Å². The van der Waals surface area contributed by atoms with E-state index in [-0.39, 0.29) is 18.0 Å². The fraction of sp³-hybridized carbons (Fsp3) is 0.278. The van der Waals surface area contributed by atoms with Crippen LogP contribution in [0, 0.1) is 11.3 Å². The number of halogens is 4. The summed E-state index contributed by atoms with van der Waals surface area (Å²) >= 11 is 4.56. The molecule has 2 aromatic rings. The zero-order valence-electron chi connectivity index (χ0n) is 14.5. The molecule has 1 aliphatic heterocycles. The number of fused-ring (bicyclic) bond motifs is 1. The first-order valence-corrected chi connectivity index (χ1v) is 9.71. The zero-order valence-corrected chi connectivity index (χ0v) is 16.9. The average molecular weight is 472 g/mol. The van der Waals surface area contributed by atoms with Crippen LogP contribution in [-0.2, 0) is 20.6 Å². The molecule has 3 rings (SSSR count). The number of esters is 1. The van der Waals surface area contributed by atoms with Gasteiger partial charge in [0, 0.05) is 16.1 Å². The summed E-state index contributed by atoms with van der Waals surface area (Å²) in [5, 5.41) is 9.63. The number of thioether (sulfide) groups is 1. The van der Waals surface area contributed by atoms with E-state index in [0.29, 0.717) is 15.4 Å². The van der Waals surface area contributed by atoms with Gasteiger partial charge in [0.2, 0.25) is 0 Å². The van der Waals surface area contributed by atoms with Crippen molar-refractivity contribution in [3.63, 3.8) is 0 Å². The minimum Gasteiger partial charge on any atom is -0.468 e. The molecule has 10 heteroatoms. The van der Waals surface area contributed by atoms with Gasteiger partial charge in [-0.15, -0.1) is 11.8 Å². The molecule has 0 aliphatic carbocycles. The minimum atomic E-state index is -4.49. The van der Waals surface area contributed by atoms with Gasteiger partial charge in [-0.1, -0.05) is 6.07 Å². The van der Waals surface area contributed by atoms with Crippen molar-refractivity contribution >= 4 is 50.3 Å². The van der Waals surface area contributed by atoms with E-state index in [4.69, 9.17) is 5.26 Å². The van der Waals surface area contributed by atoms with E-state index in [0.717, 1.165) is 12.1 Å². The molecule has 1 aromatic carbocycles. The maximum absolute atomic E-state index is 13.2. The molecule has 0 bridgehead atoms. The number of alkyl halides is 3. The fourth-order valence-electron chi connectivity index (χ4n) is 2.82. The molecule has 1 unspecified atom stereocenters. The summed E-state index contributed by atoms with van der Waals surface area (Å²) in [7, 11) is 1.26. The van der Waals surface area contributed by atoms with Crippen LogP contribution in [0.5, 0.6) is 0 Å². The van der Waals surface area contributed by atoms with E-state index in [2.05, 4.69) is 25.7 Å². The van der Waals surface area contributed by atoms with Crippen molar-refractivity contribution < 1.29 is 22.7 Å². The highest BCUT2D eigenvalue weighted by Gasteiger charge is 2.36. The number of carbonyl (C=O) groups excluding carboxylic acids is 1. The number of carbonyl (C=O) groups is 1. The van der Waals surface area contributed by atoms with Crippen LogP contribution in [-0.4, -0.2) is 35.7 Å². The Balaban J connectivity index is 2.16. The number of rotatable bonds is 4. The number of aliphatic imine (C=N–C) groups is 1. The quantitative estimate of drug-likeness (QED) is 0.614. The molecule has 0 amide bonds. The average Bonchev–Trinajstić information content (AvgIpc) is 3.02. The van der Waals surface area contributed by atoms with E-state index in [9.17, 15) is 18.0 Å². The fourth-order valence-corrected chi connectivity index (χ4v) is 4.46.